The van der Waals surface area contributed by atoms with Gasteiger partial charge in [-0.15, -0.1) is 0 Å². The van der Waals surface area contributed by atoms with Gasteiger partial charge in [-0.2, -0.15) is 0 Å². The number of esters is 2. The molecule has 0 bridgehead atoms. The first-order chi connectivity index (χ1) is 16.1. The van der Waals surface area contributed by atoms with E-state index in [4.69, 9.17) is 4.74 Å². The molecule has 0 aromatic heterocycles. The van der Waals surface area contributed by atoms with Crippen molar-refractivity contribution in [1.29, 1.82) is 0 Å². The third-order valence-corrected chi connectivity index (χ3v) is 11.4. The van der Waals surface area contributed by atoms with Crippen LogP contribution in [0.25, 0.3) is 0 Å². The molecular formula is C29H38O5. The molecule has 1 spiro atoms. The maximum absolute atomic E-state index is 12.2. The van der Waals surface area contributed by atoms with Crippen molar-refractivity contribution in [2.45, 2.75) is 77.7 Å². The van der Waals surface area contributed by atoms with Gasteiger partial charge in [0, 0.05) is 29.7 Å². The molecule has 0 radical (unpaired) electrons. The van der Waals surface area contributed by atoms with Gasteiger partial charge in [-0.1, -0.05) is 26.0 Å². The number of allylic oxidation sites excluding steroid dienone is 1. The van der Waals surface area contributed by atoms with E-state index in [9.17, 15) is 14.4 Å². The summed E-state index contributed by atoms with van der Waals surface area (Å²) in [6, 6.07) is 0. The second kappa shape index (κ2) is 7.07. The Morgan fingerprint density at radius 2 is 1.85 bits per heavy atom. The smallest absolute Gasteiger partial charge is 0.332 e. The van der Waals surface area contributed by atoms with Crippen molar-refractivity contribution in [3.63, 3.8) is 0 Å². The van der Waals surface area contributed by atoms with Crippen LogP contribution in [0.2, 0.25) is 0 Å². The van der Waals surface area contributed by atoms with Crippen molar-refractivity contribution in [2.24, 2.45) is 52.3 Å². The third kappa shape index (κ3) is 2.76. The van der Waals surface area contributed by atoms with E-state index in [-0.39, 0.29) is 28.4 Å². The zero-order chi connectivity index (χ0) is 24.2. The Morgan fingerprint density at radius 1 is 1.09 bits per heavy atom. The van der Waals surface area contributed by atoms with Crippen LogP contribution < -0.4 is 0 Å². The van der Waals surface area contributed by atoms with Gasteiger partial charge >= 0.3 is 11.9 Å². The van der Waals surface area contributed by atoms with Gasteiger partial charge in [-0.25, -0.2) is 4.79 Å². The minimum absolute atomic E-state index is 0.0561. The molecule has 0 unspecified atom stereocenters. The summed E-state index contributed by atoms with van der Waals surface area (Å²) in [5.41, 5.74) is 2.28. The summed E-state index contributed by atoms with van der Waals surface area (Å²) in [5, 5.41) is 0. The molecule has 5 heteroatoms. The average Bonchev–Trinajstić information content (AvgIpc) is 3.71. The molecule has 34 heavy (non-hydrogen) atoms. The van der Waals surface area contributed by atoms with Crippen LogP contribution in [-0.4, -0.2) is 30.4 Å². The molecule has 7 rings (SSSR count). The van der Waals surface area contributed by atoms with Gasteiger partial charge in [-0.05, 0) is 92.4 Å². The van der Waals surface area contributed by atoms with E-state index >= 15 is 0 Å². The normalized spacial score (nSPS) is 50.8. The van der Waals surface area contributed by atoms with Crippen molar-refractivity contribution in [2.75, 3.05) is 7.11 Å². The summed E-state index contributed by atoms with van der Waals surface area (Å²) in [4.78, 5) is 34.5. The quantitative estimate of drug-likeness (QED) is 0.400. The summed E-state index contributed by atoms with van der Waals surface area (Å²) in [7, 11) is 1.33. The molecule has 7 aliphatic rings. The number of hydrogen-bond acceptors (Lipinski definition) is 5. The minimum atomic E-state index is -0.347. The number of carbonyl (C=O) groups excluding carboxylic acids is 3. The monoisotopic (exact) mass is 466 g/mol. The molecule has 5 nitrogen and oxygen atoms in total. The minimum Gasteiger partial charge on any atom is -0.466 e. The molecule has 0 aromatic rings. The molecular weight excluding hydrogens is 428 g/mol. The highest BCUT2D eigenvalue weighted by atomic mass is 16.6. The first-order valence-corrected chi connectivity index (χ1v) is 13.3. The number of fused-ring (bicyclic) bond motifs is 12. The fourth-order valence-electron chi connectivity index (χ4n) is 9.92. The Kier molecular flexibility index (Phi) is 4.69. The fourth-order valence-corrected chi connectivity index (χ4v) is 9.92. The first kappa shape index (κ1) is 22.5. The Morgan fingerprint density at radius 3 is 2.47 bits per heavy atom. The van der Waals surface area contributed by atoms with Crippen LogP contribution in [0.3, 0.4) is 0 Å². The Balaban J connectivity index is 0.000000275. The van der Waals surface area contributed by atoms with Gasteiger partial charge in [0.25, 0.3) is 0 Å². The average molecular weight is 467 g/mol. The highest BCUT2D eigenvalue weighted by molar-refractivity contribution is 5.92. The van der Waals surface area contributed by atoms with Gasteiger partial charge in [0.15, 0.2) is 5.78 Å². The first-order valence-electron chi connectivity index (χ1n) is 13.3. The maximum atomic E-state index is 12.2. The molecule has 1 saturated heterocycles. The lowest BCUT2D eigenvalue weighted by Crippen LogP contribution is -2.57. The van der Waals surface area contributed by atoms with Crippen LogP contribution in [-0.2, 0) is 23.9 Å². The summed E-state index contributed by atoms with van der Waals surface area (Å²) >= 11 is 0. The van der Waals surface area contributed by atoms with Gasteiger partial charge in [0.05, 0.1) is 7.11 Å². The Bertz CT molecular complexity index is 1030. The van der Waals surface area contributed by atoms with Gasteiger partial charge in [0.2, 0.25) is 0 Å². The Labute approximate surface area is 202 Å². The summed E-state index contributed by atoms with van der Waals surface area (Å²) in [6.45, 7) is 9.94. The topological polar surface area (TPSA) is 69.7 Å². The number of methoxy groups -OCH3 is 1. The predicted molar refractivity (Wildman–Crippen MR) is 126 cm³/mol. The van der Waals surface area contributed by atoms with Crippen molar-refractivity contribution < 1.29 is 23.9 Å². The summed E-state index contributed by atoms with van der Waals surface area (Å²) < 4.78 is 10.5. The Hall–Kier alpha value is -1.91. The second-order valence-corrected chi connectivity index (χ2v) is 12.8. The lowest BCUT2D eigenvalue weighted by molar-refractivity contribution is -0.177. The molecule has 1 heterocycles. The van der Waals surface area contributed by atoms with Crippen molar-refractivity contribution in [3.8, 4) is 0 Å². The molecule has 184 valence electrons. The van der Waals surface area contributed by atoms with E-state index in [2.05, 4.69) is 31.2 Å². The molecule has 6 aliphatic carbocycles. The molecule has 6 fully saturated rings. The molecule has 0 N–H and O–H groups in total. The molecule has 0 amide bonds. The number of carbonyl (C=O) groups is 3. The number of ether oxygens (including phenoxy) is 2. The van der Waals surface area contributed by atoms with Crippen LogP contribution >= 0.6 is 0 Å². The van der Waals surface area contributed by atoms with Gasteiger partial charge in [-0.3, -0.25) is 9.59 Å². The lowest BCUT2D eigenvalue weighted by atomic mass is 9.45. The predicted octanol–water partition coefficient (Wildman–Crippen LogP) is 5.04. The van der Waals surface area contributed by atoms with E-state index in [0.717, 1.165) is 48.9 Å². The third-order valence-electron chi connectivity index (χ3n) is 11.4. The van der Waals surface area contributed by atoms with Crippen LogP contribution in [0.5, 0.6) is 0 Å². The highest BCUT2D eigenvalue weighted by Gasteiger charge is 2.81. The largest absolute Gasteiger partial charge is 0.466 e. The van der Waals surface area contributed by atoms with Gasteiger partial charge < -0.3 is 9.47 Å². The van der Waals surface area contributed by atoms with Crippen molar-refractivity contribution in [3.05, 3.63) is 23.8 Å². The highest BCUT2D eigenvalue weighted by Crippen LogP contribution is 2.82. The summed E-state index contributed by atoms with van der Waals surface area (Å²) in [5.74, 6) is 5.30. The van der Waals surface area contributed by atoms with Crippen LogP contribution in [0.15, 0.2) is 23.8 Å². The van der Waals surface area contributed by atoms with Crippen molar-refractivity contribution in [1.82, 2.24) is 0 Å². The van der Waals surface area contributed by atoms with Crippen molar-refractivity contribution >= 4 is 17.7 Å². The van der Waals surface area contributed by atoms with E-state index in [1.165, 1.54) is 38.4 Å². The molecule has 5 saturated carbocycles. The maximum Gasteiger partial charge on any atom is 0.332 e. The van der Waals surface area contributed by atoms with E-state index in [0.29, 0.717) is 29.6 Å². The molecule has 1 aliphatic heterocycles. The second-order valence-electron chi connectivity index (χ2n) is 12.8. The van der Waals surface area contributed by atoms with E-state index in [1.54, 1.807) is 6.92 Å². The molecule has 0 aromatic carbocycles. The van der Waals surface area contributed by atoms with E-state index in [1.807, 2.05) is 0 Å². The molecule has 10 atom stereocenters. The van der Waals surface area contributed by atoms with Crippen LogP contribution in [0.1, 0.15) is 72.1 Å². The van der Waals surface area contributed by atoms with E-state index < -0.39 is 0 Å². The van der Waals surface area contributed by atoms with Gasteiger partial charge in [0.1, 0.15) is 5.60 Å². The zero-order valence-corrected chi connectivity index (χ0v) is 21.0. The zero-order valence-electron chi connectivity index (χ0n) is 21.0. The summed E-state index contributed by atoms with van der Waals surface area (Å²) in [6.07, 6.45) is 10.6. The standard InChI is InChI=1S/C24H30O3.C5H8O2/c1-22-6-3-12(25)9-17(22)13-10-14(13)20-16(22)4-7-23(2)21(20)15-11-18(15)24(23)8-5-19(26)27-24;1-4(2)5(6)7-3/h9,13-16,18,20-21H,3-8,10-11H2,1-2H3;1H2,2-3H3/t13-,14+,15-,16+,18+,20-,21+,22-,23+,24+;/m1./s1. The fraction of sp³-hybridized carbons (Fsp3) is 0.759. The van der Waals surface area contributed by atoms with Crippen LogP contribution in [0.4, 0.5) is 0 Å². The lowest BCUT2D eigenvalue weighted by Gasteiger charge is -2.60. The van der Waals surface area contributed by atoms with Crippen LogP contribution in [0, 0.1) is 52.3 Å². The number of ketones is 1. The number of rotatable bonds is 1. The SMILES string of the molecule is C=C(C)C(=O)OC.C[C@]12CCC(=O)C=C1[C@@H]1C[C@@H]1[C@H]1[C@@H]3[C@@H]4C[C@@H]4[C@@]4(CCC(=O)O4)[C@@]3(C)CC[C@@H]12. The number of hydrogen-bond donors (Lipinski definition) is 0.